The van der Waals surface area contributed by atoms with Crippen molar-refractivity contribution < 1.29 is 4.79 Å². The highest BCUT2D eigenvalue weighted by Crippen LogP contribution is 2.19. The molecule has 3 heterocycles. The van der Waals surface area contributed by atoms with Gasteiger partial charge < -0.3 is 4.98 Å². The van der Waals surface area contributed by atoms with Crippen LogP contribution in [-0.4, -0.2) is 20.7 Å². The molecule has 4 aromatic rings. The molecule has 4 rings (SSSR count). The van der Waals surface area contributed by atoms with Crippen molar-refractivity contribution in [2.24, 2.45) is 0 Å². The molecule has 0 saturated heterocycles. The van der Waals surface area contributed by atoms with Gasteiger partial charge in [-0.2, -0.15) is 0 Å². The quantitative estimate of drug-likeness (QED) is 0.583. The van der Waals surface area contributed by atoms with E-state index < -0.39 is 0 Å². The van der Waals surface area contributed by atoms with Crippen molar-refractivity contribution in [2.75, 3.05) is 0 Å². The van der Waals surface area contributed by atoms with E-state index in [4.69, 9.17) is 0 Å². The standard InChI is InChI=1S/C20H15N3O/c24-19(18-13-23-20-17(18)7-4-10-21-20)15-8-9-16(22-12-15)11-14-5-2-1-3-6-14/h1-10,12-13H,11H2,(H,21,23). The number of rotatable bonds is 4. The molecule has 0 saturated carbocycles. The van der Waals surface area contributed by atoms with E-state index >= 15 is 0 Å². The van der Waals surface area contributed by atoms with Gasteiger partial charge >= 0.3 is 0 Å². The molecule has 0 aliphatic carbocycles. The maximum atomic E-state index is 12.7. The molecule has 0 atom stereocenters. The van der Waals surface area contributed by atoms with Gasteiger partial charge in [-0.15, -0.1) is 0 Å². The third kappa shape index (κ3) is 2.70. The summed E-state index contributed by atoms with van der Waals surface area (Å²) < 4.78 is 0. The van der Waals surface area contributed by atoms with Gasteiger partial charge in [0.15, 0.2) is 5.78 Å². The predicted octanol–water partition coefficient (Wildman–Crippen LogP) is 3.78. The second-order valence-electron chi connectivity index (χ2n) is 5.63. The summed E-state index contributed by atoms with van der Waals surface area (Å²) in [6, 6.07) is 17.6. The molecule has 0 unspecified atom stereocenters. The van der Waals surface area contributed by atoms with E-state index in [0.29, 0.717) is 11.1 Å². The zero-order chi connectivity index (χ0) is 16.4. The monoisotopic (exact) mass is 313 g/mol. The number of benzene rings is 1. The largest absolute Gasteiger partial charge is 0.345 e. The van der Waals surface area contributed by atoms with Crippen LogP contribution >= 0.6 is 0 Å². The van der Waals surface area contributed by atoms with Crippen molar-refractivity contribution in [3.8, 4) is 0 Å². The number of carbonyl (C=O) groups excluding carboxylic acids is 1. The van der Waals surface area contributed by atoms with Gasteiger partial charge in [0, 0.05) is 47.2 Å². The second kappa shape index (κ2) is 6.08. The third-order valence-corrected chi connectivity index (χ3v) is 4.01. The SMILES string of the molecule is O=C(c1ccc(Cc2ccccc2)nc1)c1c[nH]c2ncccc12. The Morgan fingerprint density at radius 2 is 1.83 bits per heavy atom. The lowest BCUT2D eigenvalue weighted by atomic mass is 10.0. The Morgan fingerprint density at radius 1 is 0.958 bits per heavy atom. The zero-order valence-electron chi connectivity index (χ0n) is 12.9. The van der Waals surface area contributed by atoms with E-state index in [9.17, 15) is 4.79 Å². The van der Waals surface area contributed by atoms with Crippen LogP contribution in [0.4, 0.5) is 0 Å². The number of nitrogens with one attached hydrogen (secondary N) is 1. The van der Waals surface area contributed by atoms with Gasteiger partial charge in [-0.1, -0.05) is 30.3 Å². The minimum Gasteiger partial charge on any atom is -0.345 e. The molecule has 3 aromatic heterocycles. The molecule has 0 fully saturated rings. The molecule has 0 aliphatic heterocycles. The Balaban J connectivity index is 1.59. The number of nitrogens with zero attached hydrogens (tertiary/aromatic N) is 2. The molecule has 116 valence electrons. The molecule has 0 radical (unpaired) electrons. The van der Waals surface area contributed by atoms with Crippen molar-refractivity contribution >= 4 is 16.8 Å². The molecule has 4 heteroatoms. The van der Waals surface area contributed by atoms with E-state index in [1.165, 1.54) is 5.56 Å². The minimum atomic E-state index is -0.0481. The van der Waals surface area contributed by atoms with Crippen molar-refractivity contribution in [1.29, 1.82) is 0 Å². The van der Waals surface area contributed by atoms with Crippen molar-refractivity contribution in [2.45, 2.75) is 6.42 Å². The number of aromatic amines is 1. The van der Waals surface area contributed by atoms with E-state index in [1.807, 2.05) is 42.5 Å². The molecule has 1 aromatic carbocycles. The molecule has 4 nitrogen and oxygen atoms in total. The summed E-state index contributed by atoms with van der Waals surface area (Å²) in [6.07, 6.45) is 5.81. The van der Waals surface area contributed by atoms with Gasteiger partial charge in [0.05, 0.1) is 0 Å². The maximum Gasteiger partial charge on any atom is 0.196 e. The van der Waals surface area contributed by atoms with Crippen molar-refractivity contribution in [1.82, 2.24) is 15.0 Å². The lowest BCUT2D eigenvalue weighted by Gasteiger charge is -2.03. The number of hydrogen-bond acceptors (Lipinski definition) is 3. The average molecular weight is 313 g/mol. The number of H-pyrrole nitrogens is 1. The Labute approximate surface area is 139 Å². The molecule has 0 aliphatic rings. The van der Waals surface area contributed by atoms with Crippen LogP contribution in [0.25, 0.3) is 11.0 Å². The first-order valence-electron chi connectivity index (χ1n) is 7.77. The van der Waals surface area contributed by atoms with Crippen LogP contribution in [0.2, 0.25) is 0 Å². The highest BCUT2D eigenvalue weighted by molar-refractivity contribution is 6.15. The summed E-state index contributed by atoms with van der Waals surface area (Å²) in [6.45, 7) is 0. The molecular formula is C20H15N3O. The van der Waals surface area contributed by atoms with Gasteiger partial charge in [0.25, 0.3) is 0 Å². The maximum absolute atomic E-state index is 12.7. The van der Waals surface area contributed by atoms with Gasteiger partial charge in [0.1, 0.15) is 5.65 Å². The first kappa shape index (κ1) is 14.3. The minimum absolute atomic E-state index is 0.0481. The summed E-state index contributed by atoms with van der Waals surface area (Å²) >= 11 is 0. The molecule has 24 heavy (non-hydrogen) atoms. The second-order valence-corrected chi connectivity index (χ2v) is 5.63. The summed E-state index contributed by atoms with van der Waals surface area (Å²) in [7, 11) is 0. The normalized spacial score (nSPS) is 10.8. The molecular weight excluding hydrogens is 298 g/mol. The van der Waals surface area contributed by atoms with Gasteiger partial charge in [-0.05, 0) is 29.8 Å². The van der Waals surface area contributed by atoms with Gasteiger partial charge in [-0.25, -0.2) is 4.98 Å². The van der Waals surface area contributed by atoms with E-state index in [2.05, 4.69) is 27.1 Å². The first-order valence-corrected chi connectivity index (χ1v) is 7.77. The summed E-state index contributed by atoms with van der Waals surface area (Å²) in [5, 5.41) is 0.830. The van der Waals surface area contributed by atoms with Gasteiger partial charge in [0.2, 0.25) is 0 Å². The Hall–Kier alpha value is -3.27. The number of hydrogen-bond donors (Lipinski definition) is 1. The Bertz CT molecular complexity index is 988. The van der Waals surface area contributed by atoms with Crippen molar-refractivity contribution in [3.63, 3.8) is 0 Å². The topological polar surface area (TPSA) is 58.6 Å². The number of fused-ring (bicyclic) bond motifs is 1. The Kier molecular flexibility index (Phi) is 3.63. The first-order chi connectivity index (χ1) is 11.8. The lowest BCUT2D eigenvalue weighted by molar-refractivity contribution is 0.104. The molecule has 0 amide bonds. The molecule has 1 N–H and O–H groups in total. The predicted molar refractivity (Wildman–Crippen MR) is 93.0 cm³/mol. The lowest BCUT2D eigenvalue weighted by Crippen LogP contribution is -2.02. The summed E-state index contributed by atoms with van der Waals surface area (Å²) in [5.41, 5.74) is 4.06. The number of ketones is 1. The van der Waals surface area contributed by atoms with Crippen LogP contribution in [0, 0.1) is 0 Å². The van der Waals surface area contributed by atoms with E-state index in [0.717, 1.165) is 23.1 Å². The van der Waals surface area contributed by atoms with Crippen LogP contribution in [0.5, 0.6) is 0 Å². The van der Waals surface area contributed by atoms with Crippen molar-refractivity contribution in [3.05, 3.63) is 95.6 Å². The smallest absolute Gasteiger partial charge is 0.196 e. The fourth-order valence-electron chi connectivity index (χ4n) is 2.77. The average Bonchev–Trinajstić information content (AvgIpc) is 3.07. The number of carbonyl (C=O) groups is 1. The summed E-state index contributed by atoms with van der Waals surface area (Å²) in [4.78, 5) is 24.4. The zero-order valence-corrected chi connectivity index (χ0v) is 12.9. The third-order valence-electron chi connectivity index (χ3n) is 4.01. The van der Waals surface area contributed by atoms with E-state index in [1.54, 1.807) is 18.6 Å². The summed E-state index contributed by atoms with van der Waals surface area (Å²) in [5.74, 6) is -0.0481. The van der Waals surface area contributed by atoms with E-state index in [-0.39, 0.29) is 5.78 Å². The highest BCUT2D eigenvalue weighted by Gasteiger charge is 2.14. The fourth-order valence-corrected chi connectivity index (χ4v) is 2.77. The number of pyridine rings is 2. The fraction of sp³-hybridized carbons (Fsp3) is 0.0500. The van der Waals surface area contributed by atoms with Crippen LogP contribution in [0.15, 0.2) is 73.2 Å². The Morgan fingerprint density at radius 3 is 2.62 bits per heavy atom. The van der Waals surface area contributed by atoms with Gasteiger partial charge in [-0.3, -0.25) is 9.78 Å². The van der Waals surface area contributed by atoms with Crippen LogP contribution in [0.1, 0.15) is 27.2 Å². The molecule has 0 bridgehead atoms. The van der Waals surface area contributed by atoms with Crippen LogP contribution in [-0.2, 0) is 6.42 Å². The highest BCUT2D eigenvalue weighted by atomic mass is 16.1. The molecule has 0 spiro atoms. The number of aromatic nitrogens is 3. The van der Waals surface area contributed by atoms with Crippen LogP contribution in [0.3, 0.4) is 0 Å². The van der Waals surface area contributed by atoms with Crippen LogP contribution < -0.4 is 0 Å².